The summed E-state index contributed by atoms with van der Waals surface area (Å²) in [6.07, 6.45) is 1.84. The van der Waals surface area contributed by atoms with Gasteiger partial charge in [-0.25, -0.2) is 0 Å². The lowest BCUT2D eigenvalue weighted by molar-refractivity contribution is 0.385. The summed E-state index contributed by atoms with van der Waals surface area (Å²) in [6, 6.07) is 3.98. The van der Waals surface area contributed by atoms with Crippen LogP contribution in [0.1, 0.15) is 25.8 Å². The van der Waals surface area contributed by atoms with E-state index in [0.29, 0.717) is 5.92 Å². The van der Waals surface area contributed by atoms with Crippen LogP contribution in [0.4, 0.5) is 0 Å². The first-order valence-corrected chi connectivity index (χ1v) is 7.27. The fourth-order valence-corrected chi connectivity index (χ4v) is 2.60. The van der Waals surface area contributed by atoms with Gasteiger partial charge in [-0.2, -0.15) is 0 Å². The van der Waals surface area contributed by atoms with Gasteiger partial charge >= 0.3 is 0 Å². The molecule has 1 atom stereocenters. The summed E-state index contributed by atoms with van der Waals surface area (Å²) >= 11 is 9.79. The molecule has 1 unspecified atom stereocenters. The van der Waals surface area contributed by atoms with Crippen molar-refractivity contribution in [1.29, 1.82) is 0 Å². The van der Waals surface area contributed by atoms with Crippen molar-refractivity contribution in [2.75, 3.05) is 14.2 Å². The molecule has 0 heterocycles. The van der Waals surface area contributed by atoms with Crippen LogP contribution >= 0.6 is 27.5 Å². The lowest BCUT2D eigenvalue weighted by Gasteiger charge is -2.16. The molecule has 0 spiro atoms. The minimum atomic E-state index is 0.190. The molecule has 0 saturated carbocycles. The van der Waals surface area contributed by atoms with Crippen LogP contribution < -0.4 is 9.47 Å². The van der Waals surface area contributed by atoms with Crippen LogP contribution in [0.2, 0.25) is 0 Å². The van der Waals surface area contributed by atoms with Gasteiger partial charge in [0.05, 0.1) is 14.2 Å². The van der Waals surface area contributed by atoms with Crippen LogP contribution in [0, 0.1) is 5.92 Å². The van der Waals surface area contributed by atoms with Gasteiger partial charge in [0.15, 0.2) is 0 Å². The van der Waals surface area contributed by atoms with E-state index in [0.717, 1.165) is 34.4 Å². The van der Waals surface area contributed by atoms with Crippen LogP contribution in [0.25, 0.3) is 0 Å². The third kappa shape index (κ3) is 3.79. The number of hydrogen-bond donors (Lipinski definition) is 0. The maximum Gasteiger partial charge on any atom is 0.139 e. The van der Waals surface area contributed by atoms with E-state index >= 15 is 0 Å². The molecule has 4 heteroatoms. The van der Waals surface area contributed by atoms with Crippen molar-refractivity contribution in [2.45, 2.75) is 32.1 Å². The van der Waals surface area contributed by atoms with E-state index in [1.54, 1.807) is 14.2 Å². The number of aryl methyl sites for hydroxylation is 1. The van der Waals surface area contributed by atoms with Crippen LogP contribution in [-0.2, 0) is 6.42 Å². The number of alkyl halides is 1. The molecular weight excluding hydrogens is 316 g/mol. The predicted molar refractivity (Wildman–Crippen MR) is 80.0 cm³/mol. The molecule has 0 aliphatic carbocycles. The van der Waals surface area contributed by atoms with Crippen molar-refractivity contribution in [2.24, 2.45) is 5.92 Å². The highest BCUT2D eigenvalue weighted by atomic mass is 79.9. The number of ether oxygens (including phenoxy) is 2. The molecule has 0 fully saturated rings. The summed E-state index contributed by atoms with van der Waals surface area (Å²) in [6.45, 7) is 4.28. The quantitative estimate of drug-likeness (QED) is 0.704. The molecule has 0 bridgehead atoms. The summed E-state index contributed by atoms with van der Waals surface area (Å²) < 4.78 is 11.6. The highest BCUT2D eigenvalue weighted by molar-refractivity contribution is 9.10. The summed E-state index contributed by atoms with van der Waals surface area (Å²) in [5, 5.41) is 0.190. The normalized spacial score (nSPS) is 12.6. The van der Waals surface area contributed by atoms with Gasteiger partial charge in [0, 0.05) is 5.38 Å². The third-order valence-corrected chi connectivity index (χ3v) is 4.45. The van der Waals surface area contributed by atoms with Gasteiger partial charge in [-0.1, -0.05) is 19.9 Å². The zero-order valence-electron chi connectivity index (χ0n) is 11.3. The Labute approximate surface area is 123 Å². The number of methoxy groups -OCH3 is 2. The van der Waals surface area contributed by atoms with E-state index in [1.165, 1.54) is 0 Å². The lowest BCUT2D eigenvalue weighted by atomic mass is 10.0. The summed E-state index contributed by atoms with van der Waals surface area (Å²) in [7, 11) is 3.32. The van der Waals surface area contributed by atoms with Crippen molar-refractivity contribution in [3.63, 3.8) is 0 Å². The highest BCUT2D eigenvalue weighted by Crippen LogP contribution is 2.38. The standard InChI is InChI=1S/C14H20BrClO2/c1-9(2)11(16)7-5-10-6-8-12(17-3)13(15)14(10)18-4/h6,8-9,11H,5,7H2,1-4H3. The minimum Gasteiger partial charge on any atom is -0.495 e. The molecule has 0 aliphatic heterocycles. The zero-order chi connectivity index (χ0) is 13.7. The van der Waals surface area contributed by atoms with Gasteiger partial charge in [-0.15, -0.1) is 11.6 Å². The number of hydrogen-bond acceptors (Lipinski definition) is 2. The maximum absolute atomic E-state index is 6.28. The molecule has 1 aromatic rings. The molecule has 0 aromatic heterocycles. The predicted octanol–water partition coefficient (Wildman–Crippen LogP) is 4.66. The Morgan fingerprint density at radius 1 is 1.22 bits per heavy atom. The van der Waals surface area contributed by atoms with Crippen LogP contribution in [0.15, 0.2) is 16.6 Å². The van der Waals surface area contributed by atoms with Crippen molar-refractivity contribution >= 4 is 27.5 Å². The molecule has 0 amide bonds. The van der Waals surface area contributed by atoms with E-state index in [2.05, 4.69) is 29.8 Å². The Morgan fingerprint density at radius 3 is 2.39 bits per heavy atom. The van der Waals surface area contributed by atoms with Crippen LogP contribution in [-0.4, -0.2) is 19.6 Å². The second-order valence-electron chi connectivity index (χ2n) is 4.57. The third-order valence-electron chi connectivity index (χ3n) is 2.98. The second kappa shape index (κ2) is 7.25. The Hall–Kier alpha value is -0.410. The minimum absolute atomic E-state index is 0.190. The molecule has 18 heavy (non-hydrogen) atoms. The molecule has 2 nitrogen and oxygen atoms in total. The van der Waals surface area contributed by atoms with E-state index < -0.39 is 0 Å². The van der Waals surface area contributed by atoms with Gasteiger partial charge in [0.25, 0.3) is 0 Å². The molecule has 0 aliphatic rings. The number of halogens is 2. The van der Waals surface area contributed by atoms with E-state index in [-0.39, 0.29) is 5.38 Å². The van der Waals surface area contributed by atoms with Crippen LogP contribution in [0.5, 0.6) is 11.5 Å². The van der Waals surface area contributed by atoms with Gasteiger partial charge in [-0.05, 0) is 46.3 Å². The van der Waals surface area contributed by atoms with Crippen molar-refractivity contribution < 1.29 is 9.47 Å². The van der Waals surface area contributed by atoms with Gasteiger partial charge in [0.1, 0.15) is 16.0 Å². The second-order valence-corrected chi connectivity index (χ2v) is 5.93. The van der Waals surface area contributed by atoms with E-state index in [4.69, 9.17) is 21.1 Å². The molecule has 1 rings (SSSR count). The van der Waals surface area contributed by atoms with Crippen molar-refractivity contribution in [1.82, 2.24) is 0 Å². The van der Waals surface area contributed by atoms with Crippen LogP contribution in [0.3, 0.4) is 0 Å². The first-order valence-electron chi connectivity index (χ1n) is 6.04. The topological polar surface area (TPSA) is 18.5 Å². The number of rotatable bonds is 6. The Kier molecular flexibility index (Phi) is 6.30. The van der Waals surface area contributed by atoms with Crippen molar-refractivity contribution in [3.8, 4) is 11.5 Å². The molecule has 1 aromatic carbocycles. The van der Waals surface area contributed by atoms with Crippen molar-refractivity contribution in [3.05, 3.63) is 22.2 Å². The smallest absolute Gasteiger partial charge is 0.139 e. The van der Waals surface area contributed by atoms with Gasteiger partial charge < -0.3 is 9.47 Å². The fraction of sp³-hybridized carbons (Fsp3) is 0.571. The Balaban J connectivity index is 2.86. The van der Waals surface area contributed by atoms with Gasteiger partial charge in [0.2, 0.25) is 0 Å². The molecule has 0 N–H and O–H groups in total. The molecule has 102 valence electrons. The fourth-order valence-electron chi connectivity index (χ4n) is 1.78. The Bertz CT molecular complexity index is 394. The zero-order valence-corrected chi connectivity index (χ0v) is 13.6. The largest absolute Gasteiger partial charge is 0.495 e. The van der Waals surface area contributed by atoms with Gasteiger partial charge in [-0.3, -0.25) is 0 Å². The first-order chi connectivity index (χ1) is 8.51. The number of benzene rings is 1. The molecule has 0 saturated heterocycles. The summed E-state index contributed by atoms with van der Waals surface area (Å²) in [4.78, 5) is 0. The molecular formula is C14H20BrClO2. The van der Waals surface area contributed by atoms with E-state index in [9.17, 15) is 0 Å². The lowest BCUT2D eigenvalue weighted by Crippen LogP contribution is -2.09. The maximum atomic E-state index is 6.28. The molecule has 0 radical (unpaired) electrons. The first kappa shape index (κ1) is 15.6. The highest BCUT2D eigenvalue weighted by Gasteiger charge is 2.15. The van der Waals surface area contributed by atoms with E-state index in [1.807, 2.05) is 12.1 Å². The summed E-state index contributed by atoms with van der Waals surface area (Å²) in [5.41, 5.74) is 1.15. The average Bonchev–Trinajstić information content (AvgIpc) is 2.35. The SMILES string of the molecule is COc1ccc(CCC(Cl)C(C)C)c(OC)c1Br. The Morgan fingerprint density at radius 2 is 1.89 bits per heavy atom. The monoisotopic (exact) mass is 334 g/mol. The summed E-state index contributed by atoms with van der Waals surface area (Å²) in [5.74, 6) is 2.10. The average molecular weight is 336 g/mol.